The van der Waals surface area contributed by atoms with E-state index in [1.807, 2.05) is 34.0 Å². The van der Waals surface area contributed by atoms with Crippen LogP contribution in [0.25, 0.3) is 60.5 Å². The minimum absolute atomic E-state index is 0.0349. The fraction of sp³-hybridized carbons (Fsp3) is 0.258. The van der Waals surface area contributed by atoms with Crippen LogP contribution in [0, 0.1) is 0 Å². The van der Waals surface area contributed by atoms with Crippen molar-refractivity contribution in [1.82, 2.24) is 5.32 Å². The number of hydrogen-bond acceptors (Lipinski definition) is 6. The average molecular weight is 573 g/mol. The van der Waals surface area contributed by atoms with Crippen LogP contribution in [-0.4, -0.2) is 19.0 Å². The maximum absolute atomic E-state index is 12.9. The van der Waals surface area contributed by atoms with Gasteiger partial charge in [0.15, 0.2) is 0 Å². The molecule has 192 valence electrons. The molecule has 0 bridgehead atoms. The van der Waals surface area contributed by atoms with Crippen LogP contribution >= 0.6 is 45.3 Å². The molecule has 4 heterocycles. The van der Waals surface area contributed by atoms with Gasteiger partial charge in [-0.2, -0.15) is 0 Å². The van der Waals surface area contributed by atoms with Crippen LogP contribution < -0.4 is 11.1 Å². The van der Waals surface area contributed by atoms with Gasteiger partial charge in [0.25, 0.3) is 5.91 Å². The summed E-state index contributed by atoms with van der Waals surface area (Å²) in [6, 6.07) is 13.5. The molecule has 0 saturated heterocycles. The van der Waals surface area contributed by atoms with Crippen LogP contribution in [0.3, 0.4) is 0 Å². The Morgan fingerprint density at radius 1 is 0.763 bits per heavy atom. The van der Waals surface area contributed by atoms with E-state index in [0.717, 1.165) is 35.3 Å². The van der Waals surface area contributed by atoms with E-state index in [1.165, 1.54) is 61.4 Å². The van der Waals surface area contributed by atoms with Crippen LogP contribution in [-0.2, 0) is 12.8 Å². The third kappa shape index (κ3) is 3.56. The van der Waals surface area contributed by atoms with Gasteiger partial charge in [-0.3, -0.25) is 4.79 Å². The number of carbonyl (C=O) groups excluding carboxylic acids is 1. The number of carbonyl (C=O) groups is 1. The second-order valence-electron chi connectivity index (χ2n) is 9.85. The van der Waals surface area contributed by atoms with Crippen molar-refractivity contribution in [1.29, 1.82) is 0 Å². The van der Waals surface area contributed by atoms with Crippen LogP contribution in [0.5, 0.6) is 0 Å². The van der Waals surface area contributed by atoms with Gasteiger partial charge in [-0.25, -0.2) is 0 Å². The number of nitrogens with two attached hydrogens (primary N) is 1. The number of aryl methyl sites for hydroxylation is 2. The van der Waals surface area contributed by atoms with Crippen molar-refractivity contribution in [2.75, 3.05) is 13.1 Å². The fourth-order valence-corrected chi connectivity index (χ4v) is 10.4. The molecule has 1 amide bonds. The van der Waals surface area contributed by atoms with Gasteiger partial charge in [0.1, 0.15) is 0 Å². The zero-order valence-electron chi connectivity index (χ0n) is 21.4. The normalized spacial score (nSPS) is 12.3. The van der Waals surface area contributed by atoms with E-state index in [1.54, 1.807) is 16.9 Å². The lowest BCUT2D eigenvalue weighted by atomic mass is 9.92. The molecule has 3 nitrogen and oxygen atoms in total. The fourth-order valence-electron chi connectivity index (χ4n) is 5.94. The van der Waals surface area contributed by atoms with Gasteiger partial charge in [0.05, 0.1) is 4.88 Å². The zero-order chi connectivity index (χ0) is 26.0. The van der Waals surface area contributed by atoms with Crippen molar-refractivity contribution in [3.8, 4) is 0 Å². The van der Waals surface area contributed by atoms with Crippen molar-refractivity contribution in [3.05, 3.63) is 57.8 Å². The Balaban J connectivity index is 1.69. The van der Waals surface area contributed by atoms with E-state index in [0.29, 0.717) is 13.1 Å². The van der Waals surface area contributed by atoms with E-state index in [2.05, 4.69) is 60.9 Å². The maximum atomic E-state index is 12.9. The van der Waals surface area contributed by atoms with Crippen molar-refractivity contribution in [2.24, 2.45) is 5.73 Å². The lowest BCUT2D eigenvalue weighted by Gasteiger charge is -2.13. The molecule has 0 spiro atoms. The molecule has 7 rings (SSSR count). The first-order valence-corrected chi connectivity index (χ1v) is 16.6. The summed E-state index contributed by atoms with van der Waals surface area (Å²) in [4.78, 5) is 13.6. The average Bonchev–Trinajstić information content (AvgIpc) is 3.70. The SMILES string of the molecule is CCCc1c(CCC)c2sc3ccc4sc(C(=O)NCCN)cc4c3c2c2c1sc1ccc3sccc3c12. The molecular weight excluding hydrogens is 545 g/mol. The second-order valence-corrected chi connectivity index (χ2v) is 14.0. The van der Waals surface area contributed by atoms with Crippen LogP contribution in [0.15, 0.2) is 41.8 Å². The Morgan fingerprint density at radius 3 is 2.00 bits per heavy atom. The molecule has 3 aromatic carbocycles. The molecule has 0 aliphatic heterocycles. The predicted octanol–water partition coefficient (Wildman–Crippen LogP) is 9.45. The first-order valence-electron chi connectivity index (χ1n) is 13.3. The number of nitrogens with one attached hydrogen (secondary N) is 1. The molecule has 38 heavy (non-hydrogen) atoms. The van der Waals surface area contributed by atoms with Gasteiger partial charge in [0.2, 0.25) is 0 Å². The molecule has 0 saturated carbocycles. The van der Waals surface area contributed by atoms with E-state index < -0.39 is 0 Å². The molecule has 0 aliphatic rings. The summed E-state index contributed by atoms with van der Waals surface area (Å²) in [5.41, 5.74) is 8.73. The molecule has 4 aromatic heterocycles. The van der Waals surface area contributed by atoms with Crippen LogP contribution in [0.1, 0.15) is 47.5 Å². The Hall–Kier alpha value is -2.55. The highest BCUT2D eigenvalue weighted by Crippen LogP contribution is 2.52. The summed E-state index contributed by atoms with van der Waals surface area (Å²) in [5.74, 6) is -0.0349. The smallest absolute Gasteiger partial charge is 0.261 e. The summed E-state index contributed by atoms with van der Waals surface area (Å²) in [7, 11) is 0. The summed E-state index contributed by atoms with van der Waals surface area (Å²) < 4.78 is 8.10. The number of hydrogen-bond donors (Lipinski definition) is 2. The van der Waals surface area contributed by atoms with Crippen molar-refractivity contribution >= 4 is 112 Å². The second kappa shape index (κ2) is 9.57. The molecule has 0 unspecified atom stereocenters. The van der Waals surface area contributed by atoms with Gasteiger partial charge in [-0.1, -0.05) is 26.7 Å². The lowest BCUT2D eigenvalue weighted by molar-refractivity contribution is 0.0959. The van der Waals surface area contributed by atoms with Crippen LogP contribution in [0.2, 0.25) is 0 Å². The van der Waals surface area contributed by atoms with Crippen molar-refractivity contribution < 1.29 is 4.79 Å². The summed E-state index contributed by atoms with van der Waals surface area (Å²) in [6.07, 6.45) is 4.47. The molecule has 3 N–H and O–H groups in total. The molecule has 7 aromatic rings. The summed E-state index contributed by atoms with van der Waals surface area (Å²) in [6.45, 7) is 5.52. The Labute approximate surface area is 236 Å². The summed E-state index contributed by atoms with van der Waals surface area (Å²) >= 11 is 7.32. The first-order chi connectivity index (χ1) is 18.6. The van der Waals surface area contributed by atoms with Gasteiger partial charge in [0, 0.05) is 73.6 Å². The zero-order valence-corrected chi connectivity index (χ0v) is 24.7. The van der Waals surface area contributed by atoms with E-state index in [-0.39, 0.29) is 5.91 Å². The quantitative estimate of drug-likeness (QED) is 0.200. The molecule has 7 heteroatoms. The monoisotopic (exact) mass is 572 g/mol. The highest BCUT2D eigenvalue weighted by atomic mass is 32.1. The number of benzene rings is 3. The first kappa shape index (κ1) is 24.5. The third-order valence-electron chi connectivity index (χ3n) is 7.45. The molecule has 0 fully saturated rings. The van der Waals surface area contributed by atoms with Crippen molar-refractivity contribution in [2.45, 2.75) is 39.5 Å². The highest BCUT2D eigenvalue weighted by molar-refractivity contribution is 7.29. The minimum Gasteiger partial charge on any atom is -0.350 e. The molecule has 0 atom stereocenters. The topological polar surface area (TPSA) is 55.1 Å². The maximum Gasteiger partial charge on any atom is 0.261 e. The van der Waals surface area contributed by atoms with E-state index in [9.17, 15) is 4.79 Å². The van der Waals surface area contributed by atoms with E-state index >= 15 is 0 Å². The molecular formula is C31H28N2OS4. The predicted molar refractivity (Wildman–Crippen MR) is 172 cm³/mol. The highest BCUT2D eigenvalue weighted by Gasteiger charge is 2.24. The number of rotatable bonds is 7. The Kier molecular flexibility index (Phi) is 6.17. The van der Waals surface area contributed by atoms with Gasteiger partial charge < -0.3 is 11.1 Å². The Morgan fingerprint density at radius 2 is 1.37 bits per heavy atom. The lowest BCUT2D eigenvalue weighted by Crippen LogP contribution is -2.28. The largest absolute Gasteiger partial charge is 0.350 e. The molecule has 0 aliphatic carbocycles. The number of fused-ring (bicyclic) bond motifs is 11. The van der Waals surface area contributed by atoms with Crippen molar-refractivity contribution in [3.63, 3.8) is 0 Å². The van der Waals surface area contributed by atoms with Crippen LogP contribution in [0.4, 0.5) is 0 Å². The minimum atomic E-state index is -0.0349. The Bertz CT molecular complexity index is 2020. The number of thiophene rings is 4. The van der Waals surface area contributed by atoms with Gasteiger partial charge in [-0.15, -0.1) is 45.3 Å². The van der Waals surface area contributed by atoms with Gasteiger partial charge in [-0.05, 0) is 65.7 Å². The van der Waals surface area contributed by atoms with E-state index in [4.69, 9.17) is 5.73 Å². The molecule has 0 radical (unpaired) electrons. The number of amides is 1. The van der Waals surface area contributed by atoms with Gasteiger partial charge >= 0.3 is 0 Å². The standard InChI is InChI=1S/C31H28N2OS4/c1-3-5-16-17(6-4-2)30-28(27-25-18-11-14-35-20(18)7-9-22(25)37-29(16)27)26-19-15-24(31(34)33-13-12-32)36-21(19)8-10-23(26)38-30/h7-11,14-15H,3-6,12-13,32H2,1-2H3,(H,33,34). The summed E-state index contributed by atoms with van der Waals surface area (Å²) in [5, 5.41) is 13.3. The third-order valence-corrected chi connectivity index (χ3v) is 11.9.